The van der Waals surface area contributed by atoms with Crippen molar-refractivity contribution in [2.75, 3.05) is 0 Å². The van der Waals surface area contributed by atoms with Crippen molar-refractivity contribution in [3.8, 4) is 0 Å². The Morgan fingerprint density at radius 2 is 1.50 bits per heavy atom. The van der Waals surface area contributed by atoms with Crippen LogP contribution >= 0.6 is 0 Å². The quantitative estimate of drug-likeness (QED) is 0.544. The molecule has 0 bridgehead atoms. The molecule has 1 heteroatoms. The van der Waals surface area contributed by atoms with Gasteiger partial charge in [0.05, 0.1) is 0 Å². The van der Waals surface area contributed by atoms with E-state index in [1.807, 2.05) is 0 Å². The first-order valence-corrected chi connectivity index (χ1v) is 5.22. The Hall–Kier alpha value is -0.300. The van der Waals surface area contributed by atoms with Gasteiger partial charge in [-0.3, -0.25) is 0 Å². The maximum Gasteiger partial charge on any atom is 0.0170 e. The standard InChI is InChI=1S/C11H17N/c12-9-10-5-1-2-6-11(9,10)8-4-3-7-10/h1-2,9H,3-8,12H2. The van der Waals surface area contributed by atoms with E-state index in [9.17, 15) is 0 Å². The predicted molar refractivity (Wildman–Crippen MR) is 49.7 cm³/mol. The lowest BCUT2D eigenvalue weighted by molar-refractivity contribution is 0.231. The second-order valence-electron chi connectivity index (χ2n) is 4.88. The van der Waals surface area contributed by atoms with Crippen molar-refractivity contribution in [3.63, 3.8) is 0 Å². The zero-order chi connectivity index (χ0) is 8.23. The molecule has 0 aromatic heterocycles. The summed E-state index contributed by atoms with van der Waals surface area (Å²) in [6, 6.07) is 0.530. The molecule has 3 aliphatic rings. The molecule has 0 aromatic rings. The Labute approximate surface area is 74.0 Å². The van der Waals surface area contributed by atoms with Gasteiger partial charge in [-0.15, -0.1) is 0 Å². The van der Waals surface area contributed by atoms with Crippen molar-refractivity contribution in [1.29, 1.82) is 0 Å². The first-order valence-electron chi connectivity index (χ1n) is 5.22. The van der Waals surface area contributed by atoms with Crippen molar-refractivity contribution in [2.45, 2.75) is 44.6 Å². The molecule has 2 N–H and O–H groups in total. The van der Waals surface area contributed by atoms with E-state index in [0.717, 1.165) is 0 Å². The fourth-order valence-corrected chi connectivity index (χ4v) is 3.92. The summed E-state index contributed by atoms with van der Waals surface area (Å²) >= 11 is 0. The van der Waals surface area contributed by atoms with Gasteiger partial charge in [-0.1, -0.05) is 25.0 Å². The molecule has 3 rings (SSSR count). The summed E-state index contributed by atoms with van der Waals surface area (Å²) in [5, 5.41) is 0. The molecular formula is C11H17N. The molecule has 0 amide bonds. The molecule has 0 aliphatic heterocycles. The summed E-state index contributed by atoms with van der Waals surface area (Å²) in [5.41, 5.74) is 7.40. The maximum atomic E-state index is 6.26. The maximum absolute atomic E-state index is 6.26. The van der Waals surface area contributed by atoms with Gasteiger partial charge >= 0.3 is 0 Å². The number of nitrogens with two attached hydrogens (primary N) is 1. The Morgan fingerprint density at radius 3 is 2.00 bits per heavy atom. The molecule has 0 radical (unpaired) electrons. The smallest absolute Gasteiger partial charge is 0.0170 e. The van der Waals surface area contributed by atoms with E-state index in [1.54, 1.807) is 0 Å². The van der Waals surface area contributed by atoms with Gasteiger partial charge in [-0.05, 0) is 36.5 Å². The molecule has 2 saturated carbocycles. The second-order valence-corrected chi connectivity index (χ2v) is 4.88. The minimum atomic E-state index is 0.530. The van der Waals surface area contributed by atoms with E-state index in [0.29, 0.717) is 16.9 Å². The van der Waals surface area contributed by atoms with Gasteiger partial charge in [0.2, 0.25) is 0 Å². The number of allylic oxidation sites excluding steroid dienone is 2. The summed E-state index contributed by atoms with van der Waals surface area (Å²) in [7, 11) is 0. The van der Waals surface area contributed by atoms with Crippen molar-refractivity contribution in [2.24, 2.45) is 16.6 Å². The molecule has 1 nitrogen and oxygen atoms in total. The SMILES string of the molecule is NC1C23CC=CCC12CCCC3. The molecule has 0 saturated heterocycles. The monoisotopic (exact) mass is 163 g/mol. The highest BCUT2D eigenvalue weighted by Crippen LogP contribution is 2.75. The van der Waals surface area contributed by atoms with Crippen LogP contribution in [-0.4, -0.2) is 6.04 Å². The Kier molecular flexibility index (Phi) is 1.16. The van der Waals surface area contributed by atoms with Crippen LogP contribution in [0.4, 0.5) is 0 Å². The van der Waals surface area contributed by atoms with Gasteiger partial charge in [-0.25, -0.2) is 0 Å². The predicted octanol–water partition coefficient (Wildman–Crippen LogP) is 2.22. The van der Waals surface area contributed by atoms with Crippen LogP contribution in [0.5, 0.6) is 0 Å². The van der Waals surface area contributed by atoms with Crippen LogP contribution in [0.1, 0.15) is 38.5 Å². The summed E-state index contributed by atoms with van der Waals surface area (Å²) in [4.78, 5) is 0. The average molecular weight is 163 g/mol. The fraction of sp³-hybridized carbons (Fsp3) is 0.818. The molecule has 2 fully saturated rings. The summed E-state index contributed by atoms with van der Waals surface area (Å²) in [5.74, 6) is 0. The van der Waals surface area contributed by atoms with Crippen LogP contribution < -0.4 is 5.73 Å². The second kappa shape index (κ2) is 1.95. The lowest BCUT2D eigenvalue weighted by atomic mass is 9.73. The van der Waals surface area contributed by atoms with Gasteiger partial charge in [-0.2, -0.15) is 0 Å². The van der Waals surface area contributed by atoms with E-state index >= 15 is 0 Å². The molecule has 66 valence electrons. The largest absolute Gasteiger partial charge is 0.327 e. The zero-order valence-electron chi connectivity index (χ0n) is 7.55. The van der Waals surface area contributed by atoms with Crippen LogP contribution in [0.15, 0.2) is 12.2 Å². The molecule has 0 aromatic carbocycles. The van der Waals surface area contributed by atoms with Crippen molar-refractivity contribution in [3.05, 3.63) is 12.2 Å². The van der Waals surface area contributed by atoms with Crippen LogP contribution in [0.25, 0.3) is 0 Å². The van der Waals surface area contributed by atoms with Crippen molar-refractivity contribution in [1.82, 2.24) is 0 Å². The summed E-state index contributed by atoms with van der Waals surface area (Å²) in [6.07, 6.45) is 12.9. The lowest BCUT2D eigenvalue weighted by Gasteiger charge is -2.30. The van der Waals surface area contributed by atoms with Crippen LogP contribution in [-0.2, 0) is 0 Å². The molecule has 3 aliphatic carbocycles. The highest BCUT2D eigenvalue weighted by atomic mass is 14.9. The lowest BCUT2D eigenvalue weighted by Crippen LogP contribution is -2.20. The Morgan fingerprint density at radius 1 is 1.00 bits per heavy atom. The topological polar surface area (TPSA) is 26.0 Å². The van der Waals surface area contributed by atoms with Gasteiger partial charge in [0.1, 0.15) is 0 Å². The summed E-state index contributed by atoms with van der Waals surface area (Å²) < 4.78 is 0. The zero-order valence-corrected chi connectivity index (χ0v) is 7.55. The molecule has 0 spiro atoms. The first kappa shape index (κ1) is 7.14. The summed E-state index contributed by atoms with van der Waals surface area (Å²) in [6.45, 7) is 0. The number of hydrogen-bond donors (Lipinski definition) is 1. The van der Waals surface area contributed by atoms with Gasteiger partial charge in [0.25, 0.3) is 0 Å². The third-order valence-corrected chi connectivity index (χ3v) is 4.73. The van der Waals surface area contributed by atoms with Crippen molar-refractivity contribution >= 4 is 0 Å². The minimum absolute atomic E-state index is 0.530. The normalized spacial score (nSPS) is 55.9. The van der Waals surface area contributed by atoms with E-state index in [2.05, 4.69) is 12.2 Å². The average Bonchev–Trinajstić information content (AvgIpc) is 2.69. The molecular weight excluding hydrogens is 146 g/mol. The number of hydrogen-bond acceptors (Lipinski definition) is 1. The number of rotatable bonds is 0. The molecule has 2 atom stereocenters. The van der Waals surface area contributed by atoms with Crippen LogP contribution in [0.2, 0.25) is 0 Å². The highest BCUT2D eigenvalue weighted by Gasteiger charge is 2.73. The highest BCUT2D eigenvalue weighted by molar-refractivity contribution is 5.31. The van der Waals surface area contributed by atoms with Gasteiger partial charge < -0.3 is 5.73 Å². The Bertz CT molecular complexity index is 221. The van der Waals surface area contributed by atoms with E-state index in [-0.39, 0.29) is 0 Å². The molecule has 2 unspecified atom stereocenters. The third-order valence-electron chi connectivity index (χ3n) is 4.73. The molecule has 0 heterocycles. The fourth-order valence-electron chi connectivity index (χ4n) is 3.92. The van der Waals surface area contributed by atoms with E-state index in [4.69, 9.17) is 5.73 Å². The van der Waals surface area contributed by atoms with Crippen LogP contribution in [0.3, 0.4) is 0 Å². The van der Waals surface area contributed by atoms with Gasteiger partial charge in [0.15, 0.2) is 0 Å². The van der Waals surface area contributed by atoms with E-state index < -0.39 is 0 Å². The van der Waals surface area contributed by atoms with Crippen molar-refractivity contribution < 1.29 is 0 Å². The molecule has 12 heavy (non-hydrogen) atoms. The minimum Gasteiger partial charge on any atom is -0.327 e. The first-order chi connectivity index (χ1) is 5.82. The third kappa shape index (κ3) is 0.545. The van der Waals surface area contributed by atoms with E-state index in [1.165, 1.54) is 38.5 Å². The Balaban J connectivity index is 2.00. The van der Waals surface area contributed by atoms with Crippen LogP contribution in [0, 0.1) is 10.8 Å². The van der Waals surface area contributed by atoms with Gasteiger partial charge in [0, 0.05) is 6.04 Å².